The molecule has 7 heteroatoms. The highest BCUT2D eigenvalue weighted by atomic mass is 19.1. The molecule has 6 nitrogen and oxygen atoms in total. The number of fused-ring (bicyclic) bond motifs is 3. The smallest absolute Gasteiger partial charge is 0.229 e. The van der Waals surface area contributed by atoms with Gasteiger partial charge in [0.2, 0.25) is 5.95 Å². The van der Waals surface area contributed by atoms with Crippen molar-refractivity contribution in [3.05, 3.63) is 29.3 Å². The Morgan fingerprint density at radius 1 is 1.04 bits per heavy atom. The lowest BCUT2D eigenvalue weighted by Crippen LogP contribution is -2.45. The fourth-order valence-corrected chi connectivity index (χ4v) is 3.04. The Morgan fingerprint density at radius 3 is 2.52 bits per heavy atom. The molecule has 3 heterocycles. The van der Waals surface area contributed by atoms with Gasteiger partial charge in [-0.3, -0.25) is 0 Å². The van der Waals surface area contributed by atoms with Crippen molar-refractivity contribution in [1.82, 2.24) is 24.5 Å². The number of aryl methyl sites for hydroxylation is 2. The second-order valence-electron chi connectivity index (χ2n) is 6.22. The SMILES string of the molecule is Cc1nc2c3cc(C)c(F)cc3nc(N3CCN(C)CC3)n2n1. The normalized spacial score (nSPS) is 16.6. The number of piperazine rings is 1. The number of benzene rings is 1. The summed E-state index contributed by atoms with van der Waals surface area (Å²) in [7, 11) is 2.11. The maximum atomic E-state index is 14.0. The molecule has 0 bridgehead atoms. The van der Waals surface area contributed by atoms with Crippen LogP contribution in [0.1, 0.15) is 11.4 Å². The molecule has 1 saturated heterocycles. The predicted molar refractivity (Wildman–Crippen MR) is 87.4 cm³/mol. The fraction of sp³-hybridized carbons (Fsp3) is 0.438. The molecule has 120 valence electrons. The highest BCUT2D eigenvalue weighted by Gasteiger charge is 2.21. The van der Waals surface area contributed by atoms with E-state index in [0.29, 0.717) is 16.9 Å². The summed E-state index contributed by atoms with van der Waals surface area (Å²) in [6, 6.07) is 3.29. The van der Waals surface area contributed by atoms with E-state index in [2.05, 4.69) is 26.9 Å². The average Bonchev–Trinajstić information content (AvgIpc) is 2.91. The lowest BCUT2D eigenvalue weighted by Gasteiger charge is -2.33. The second-order valence-corrected chi connectivity index (χ2v) is 6.22. The van der Waals surface area contributed by atoms with Crippen LogP contribution in [0.2, 0.25) is 0 Å². The van der Waals surface area contributed by atoms with Gasteiger partial charge in [0, 0.05) is 37.6 Å². The first-order valence-corrected chi connectivity index (χ1v) is 7.79. The zero-order chi connectivity index (χ0) is 16.1. The number of rotatable bonds is 1. The van der Waals surface area contributed by atoms with E-state index < -0.39 is 0 Å². The number of aromatic nitrogens is 4. The molecule has 0 atom stereocenters. The third-order valence-electron chi connectivity index (χ3n) is 4.43. The van der Waals surface area contributed by atoms with Crippen LogP contribution >= 0.6 is 0 Å². The Bertz CT molecular complexity index is 895. The van der Waals surface area contributed by atoms with E-state index in [1.807, 2.05) is 6.92 Å². The van der Waals surface area contributed by atoms with Crippen LogP contribution in [0.4, 0.5) is 10.3 Å². The van der Waals surface area contributed by atoms with E-state index in [0.717, 1.165) is 43.2 Å². The minimum absolute atomic E-state index is 0.241. The third kappa shape index (κ3) is 2.31. The topological polar surface area (TPSA) is 49.6 Å². The molecule has 0 radical (unpaired) electrons. The van der Waals surface area contributed by atoms with Crippen LogP contribution in [0.25, 0.3) is 16.6 Å². The summed E-state index contributed by atoms with van der Waals surface area (Å²) in [4.78, 5) is 13.7. The molecule has 0 unspecified atom stereocenters. The van der Waals surface area contributed by atoms with Crippen molar-refractivity contribution in [1.29, 1.82) is 0 Å². The maximum Gasteiger partial charge on any atom is 0.229 e. The van der Waals surface area contributed by atoms with Gasteiger partial charge >= 0.3 is 0 Å². The summed E-state index contributed by atoms with van der Waals surface area (Å²) >= 11 is 0. The summed E-state index contributed by atoms with van der Waals surface area (Å²) in [5, 5.41) is 5.34. The van der Waals surface area contributed by atoms with Crippen LogP contribution in [0.5, 0.6) is 0 Å². The largest absolute Gasteiger partial charge is 0.338 e. The number of nitrogens with zero attached hydrogens (tertiary/aromatic N) is 6. The van der Waals surface area contributed by atoms with Gasteiger partial charge in [-0.05, 0) is 32.5 Å². The van der Waals surface area contributed by atoms with Crippen LogP contribution < -0.4 is 4.90 Å². The van der Waals surface area contributed by atoms with Crippen molar-refractivity contribution in [2.45, 2.75) is 13.8 Å². The zero-order valence-corrected chi connectivity index (χ0v) is 13.5. The third-order valence-corrected chi connectivity index (χ3v) is 4.43. The number of hydrogen-bond acceptors (Lipinski definition) is 5. The Balaban J connectivity index is 1.97. The monoisotopic (exact) mass is 314 g/mol. The molecule has 4 rings (SSSR count). The van der Waals surface area contributed by atoms with Crippen molar-refractivity contribution in [3.8, 4) is 0 Å². The van der Waals surface area contributed by atoms with Gasteiger partial charge in [-0.15, -0.1) is 5.10 Å². The van der Waals surface area contributed by atoms with Gasteiger partial charge in [0.15, 0.2) is 5.65 Å². The minimum atomic E-state index is -0.241. The summed E-state index contributed by atoms with van der Waals surface area (Å²) < 4.78 is 15.8. The van der Waals surface area contributed by atoms with Crippen molar-refractivity contribution in [2.75, 3.05) is 38.1 Å². The molecule has 0 spiro atoms. The second kappa shape index (κ2) is 5.13. The fourth-order valence-electron chi connectivity index (χ4n) is 3.04. The summed E-state index contributed by atoms with van der Waals surface area (Å²) in [5.74, 6) is 1.19. The number of anilines is 1. The van der Waals surface area contributed by atoms with Crippen LogP contribution in [-0.2, 0) is 0 Å². The molecule has 23 heavy (non-hydrogen) atoms. The Labute approximate surface area is 133 Å². The van der Waals surface area contributed by atoms with Crippen LogP contribution in [-0.4, -0.2) is 57.7 Å². The Hall–Kier alpha value is -2.28. The molecular formula is C16H19FN6. The van der Waals surface area contributed by atoms with Crippen molar-refractivity contribution < 1.29 is 4.39 Å². The van der Waals surface area contributed by atoms with Gasteiger partial charge in [-0.1, -0.05) is 0 Å². The summed E-state index contributed by atoms with van der Waals surface area (Å²) in [6.07, 6.45) is 0. The van der Waals surface area contributed by atoms with Crippen molar-refractivity contribution in [2.24, 2.45) is 0 Å². The molecule has 0 amide bonds. The Kier molecular flexibility index (Phi) is 3.19. The molecule has 1 aliphatic rings. The maximum absolute atomic E-state index is 14.0. The summed E-state index contributed by atoms with van der Waals surface area (Å²) in [5.41, 5.74) is 1.96. The predicted octanol–water partition coefficient (Wildman–Crippen LogP) is 1.79. The molecule has 1 aliphatic heterocycles. The molecule has 0 aliphatic carbocycles. The van der Waals surface area contributed by atoms with Gasteiger partial charge in [0.05, 0.1) is 5.52 Å². The van der Waals surface area contributed by atoms with Crippen LogP contribution in [0, 0.1) is 19.7 Å². The van der Waals surface area contributed by atoms with E-state index in [-0.39, 0.29) is 5.82 Å². The van der Waals surface area contributed by atoms with E-state index in [1.165, 1.54) is 6.07 Å². The van der Waals surface area contributed by atoms with E-state index >= 15 is 0 Å². The standard InChI is InChI=1S/C16H19FN6/c1-10-8-12-14(9-13(10)17)19-16(22-6-4-21(3)5-7-22)23-15(12)18-11(2)20-23/h8-9H,4-7H2,1-3H3. The van der Waals surface area contributed by atoms with E-state index in [1.54, 1.807) is 17.5 Å². The first-order chi connectivity index (χ1) is 11.0. The molecule has 1 fully saturated rings. The highest BCUT2D eigenvalue weighted by Crippen LogP contribution is 2.25. The van der Waals surface area contributed by atoms with Gasteiger partial charge in [0.1, 0.15) is 11.6 Å². The van der Waals surface area contributed by atoms with E-state index in [4.69, 9.17) is 4.98 Å². The molecule has 0 saturated carbocycles. The zero-order valence-electron chi connectivity index (χ0n) is 13.5. The number of halogens is 1. The molecule has 3 aromatic rings. The van der Waals surface area contributed by atoms with Crippen molar-refractivity contribution >= 4 is 22.5 Å². The van der Waals surface area contributed by atoms with Crippen LogP contribution in [0.15, 0.2) is 12.1 Å². The first-order valence-electron chi connectivity index (χ1n) is 7.79. The van der Waals surface area contributed by atoms with Crippen LogP contribution in [0.3, 0.4) is 0 Å². The van der Waals surface area contributed by atoms with Gasteiger partial charge < -0.3 is 9.80 Å². The highest BCUT2D eigenvalue weighted by molar-refractivity contribution is 5.93. The van der Waals surface area contributed by atoms with Crippen molar-refractivity contribution in [3.63, 3.8) is 0 Å². The molecule has 2 aromatic heterocycles. The quantitative estimate of drug-likeness (QED) is 0.685. The Morgan fingerprint density at radius 2 is 1.78 bits per heavy atom. The number of likely N-dealkylation sites (N-methyl/N-ethyl adjacent to an activating group) is 1. The summed E-state index contributed by atoms with van der Waals surface area (Å²) in [6.45, 7) is 7.30. The molecular weight excluding hydrogens is 295 g/mol. The van der Waals surface area contributed by atoms with Gasteiger partial charge in [-0.25, -0.2) is 14.4 Å². The lowest BCUT2D eigenvalue weighted by atomic mass is 10.1. The minimum Gasteiger partial charge on any atom is -0.338 e. The van der Waals surface area contributed by atoms with E-state index in [9.17, 15) is 4.39 Å². The number of hydrogen-bond donors (Lipinski definition) is 0. The molecule has 1 aromatic carbocycles. The first kappa shape index (κ1) is 14.3. The molecule has 0 N–H and O–H groups in total. The average molecular weight is 314 g/mol. The lowest BCUT2D eigenvalue weighted by molar-refractivity contribution is 0.310. The van der Waals surface area contributed by atoms with Gasteiger partial charge in [-0.2, -0.15) is 4.52 Å². The van der Waals surface area contributed by atoms with Gasteiger partial charge in [0.25, 0.3) is 0 Å².